The molecule has 3 amide bonds. The molecule has 12 nitrogen and oxygen atoms in total. The van der Waals surface area contributed by atoms with E-state index in [0.29, 0.717) is 12.0 Å². The van der Waals surface area contributed by atoms with Crippen LogP contribution in [0.5, 0.6) is 5.75 Å². The van der Waals surface area contributed by atoms with E-state index in [9.17, 15) is 29.1 Å². The zero-order chi connectivity index (χ0) is 39.3. The van der Waals surface area contributed by atoms with Crippen molar-refractivity contribution in [2.24, 2.45) is 16.7 Å². The van der Waals surface area contributed by atoms with Crippen LogP contribution in [0.3, 0.4) is 0 Å². The first-order valence-corrected chi connectivity index (χ1v) is 17.8. The number of aliphatic hydroxyl groups excluding tert-OH is 1. The van der Waals surface area contributed by atoms with Crippen molar-refractivity contribution < 1.29 is 43.3 Å². The van der Waals surface area contributed by atoms with Crippen LogP contribution >= 0.6 is 0 Å². The third-order valence-electron chi connectivity index (χ3n) is 9.51. The summed E-state index contributed by atoms with van der Waals surface area (Å²) in [6, 6.07) is 24.4. The maximum absolute atomic E-state index is 13.2. The molecule has 0 aliphatic rings. The molecular weight excluding hydrogens is 690 g/mol. The SMILES string of the molecule is CCC(C)(CC(CC(C)(C)C(=O)NCOC)C(=O)NCO)C(=O)OCCNC(=O)Oc1ccc(C(=O)C=Cc2c3ccccc3cc3ccccc23)cc1. The van der Waals surface area contributed by atoms with Crippen LogP contribution in [0.2, 0.25) is 0 Å². The number of ether oxygens (including phenoxy) is 3. The van der Waals surface area contributed by atoms with E-state index in [2.05, 4.69) is 22.0 Å². The molecule has 0 bridgehead atoms. The molecule has 0 aromatic heterocycles. The first-order chi connectivity index (χ1) is 25.8. The number of carbonyl (C=O) groups is 5. The molecule has 4 rings (SSSR count). The smallest absolute Gasteiger partial charge is 0.412 e. The van der Waals surface area contributed by atoms with Crippen molar-refractivity contribution in [1.82, 2.24) is 16.0 Å². The van der Waals surface area contributed by atoms with E-state index in [1.54, 1.807) is 39.8 Å². The van der Waals surface area contributed by atoms with Gasteiger partial charge in [0.15, 0.2) is 5.78 Å². The van der Waals surface area contributed by atoms with Crippen LogP contribution in [0.4, 0.5) is 4.79 Å². The van der Waals surface area contributed by atoms with Gasteiger partial charge in [-0.2, -0.15) is 0 Å². The average Bonchev–Trinajstić information content (AvgIpc) is 3.16. The number of carbonyl (C=O) groups excluding carboxylic acids is 5. The van der Waals surface area contributed by atoms with Crippen LogP contribution in [-0.4, -0.2) is 68.5 Å². The molecule has 0 aliphatic carbocycles. The Balaban J connectivity index is 1.29. The predicted molar refractivity (Wildman–Crippen MR) is 206 cm³/mol. The highest BCUT2D eigenvalue weighted by molar-refractivity contribution is 6.11. The Morgan fingerprint density at radius 3 is 2.06 bits per heavy atom. The van der Waals surface area contributed by atoms with Gasteiger partial charge in [-0.25, -0.2) is 4.79 Å². The lowest BCUT2D eigenvalue weighted by Gasteiger charge is -2.33. The fraction of sp³-hybridized carbons (Fsp3) is 0.357. The van der Waals surface area contributed by atoms with Crippen molar-refractivity contribution in [2.75, 3.05) is 33.7 Å². The van der Waals surface area contributed by atoms with Gasteiger partial charge in [0, 0.05) is 24.0 Å². The molecule has 0 saturated carbocycles. The van der Waals surface area contributed by atoms with Gasteiger partial charge >= 0.3 is 12.1 Å². The minimum Gasteiger partial charge on any atom is -0.463 e. The fourth-order valence-electron chi connectivity index (χ4n) is 6.27. The molecule has 12 heteroatoms. The summed E-state index contributed by atoms with van der Waals surface area (Å²) in [4.78, 5) is 64.4. The fourth-order valence-corrected chi connectivity index (χ4v) is 6.27. The zero-order valence-corrected chi connectivity index (χ0v) is 31.4. The molecule has 54 heavy (non-hydrogen) atoms. The third kappa shape index (κ3) is 10.7. The molecule has 0 radical (unpaired) electrons. The van der Waals surface area contributed by atoms with Crippen molar-refractivity contribution in [3.63, 3.8) is 0 Å². The first kappa shape index (κ1) is 41.2. The summed E-state index contributed by atoms with van der Waals surface area (Å²) in [5.41, 5.74) is -0.714. The summed E-state index contributed by atoms with van der Waals surface area (Å²) >= 11 is 0. The standard InChI is InChI=1S/C42H49N3O9/c1-6-42(4,25-31(37(48)44-26-46)24-41(2,3)38(49)45-27-52-5)39(50)53-22-21-43-40(51)54-32-17-15-28(16-18-32)36(47)20-19-35-33-13-9-7-11-29(33)23-30-12-8-10-14-34(30)35/h7-20,23,31,46H,6,21-22,24-27H2,1-5H3,(H,43,51)(H,44,48)(H,45,49). The minimum atomic E-state index is -1.10. The van der Waals surface area contributed by atoms with E-state index in [0.717, 1.165) is 27.1 Å². The number of allylic oxidation sites excluding steroid dienone is 1. The number of esters is 1. The maximum atomic E-state index is 13.2. The predicted octanol–water partition coefficient (Wildman–Crippen LogP) is 6.15. The normalized spacial score (nSPS) is 13.2. The van der Waals surface area contributed by atoms with Gasteiger partial charge in [0.05, 0.1) is 12.0 Å². The highest BCUT2D eigenvalue weighted by Crippen LogP contribution is 2.37. The Hall–Kier alpha value is -5.59. The van der Waals surface area contributed by atoms with Gasteiger partial charge in [0.2, 0.25) is 11.8 Å². The molecule has 0 spiro atoms. The van der Waals surface area contributed by atoms with Crippen LogP contribution in [0.1, 0.15) is 62.9 Å². The molecule has 0 fully saturated rings. The average molecular weight is 740 g/mol. The van der Waals surface area contributed by atoms with Crippen molar-refractivity contribution >= 4 is 57.3 Å². The molecule has 0 heterocycles. The van der Waals surface area contributed by atoms with Crippen LogP contribution in [0.25, 0.3) is 27.6 Å². The lowest BCUT2D eigenvalue weighted by molar-refractivity contribution is -0.156. The first-order valence-electron chi connectivity index (χ1n) is 17.8. The van der Waals surface area contributed by atoms with Crippen molar-refractivity contribution in [3.8, 4) is 5.75 Å². The number of aliphatic hydroxyl groups is 1. The highest BCUT2D eigenvalue weighted by atomic mass is 16.6. The van der Waals surface area contributed by atoms with Crippen LogP contribution < -0.4 is 20.7 Å². The number of benzene rings is 4. The quantitative estimate of drug-likeness (QED) is 0.0234. The Morgan fingerprint density at radius 1 is 0.833 bits per heavy atom. The number of fused-ring (bicyclic) bond motifs is 2. The zero-order valence-electron chi connectivity index (χ0n) is 31.4. The summed E-state index contributed by atoms with van der Waals surface area (Å²) < 4.78 is 15.7. The number of hydrogen-bond acceptors (Lipinski definition) is 9. The molecule has 0 saturated heterocycles. The summed E-state index contributed by atoms with van der Waals surface area (Å²) in [5, 5.41) is 21.1. The van der Waals surface area contributed by atoms with Gasteiger partial charge in [-0.05, 0) is 95.8 Å². The van der Waals surface area contributed by atoms with E-state index in [-0.39, 0.29) is 50.2 Å². The van der Waals surface area contributed by atoms with E-state index in [1.165, 1.54) is 25.3 Å². The minimum absolute atomic E-state index is 0.00723. The second-order valence-corrected chi connectivity index (χ2v) is 13.9. The number of rotatable bonds is 18. The maximum Gasteiger partial charge on any atom is 0.412 e. The lowest BCUT2D eigenvalue weighted by Crippen LogP contribution is -2.44. The van der Waals surface area contributed by atoms with Gasteiger partial charge < -0.3 is 35.3 Å². The molecule has 2 atom stereocenters. The van der Waals surface area contributed by atoms with Crippen LogP contribution in [0.15, 0.2) is 84.9 Å². The molecule has 2 unspecified atom stereocenters. The Kier molecular flexibility index (Phi) is 14.4. The van der Waals surface area contributed by atoms with E-state index >= 15 is 0 Å². The topological polar surface area (TPSA) is 169 Å². The molecular formula is C42H49N3O9. The Morgan fingerprint density at radius 2 is 1.46 bits per heavy atom. The Labute approximate surface area is 315 Å². The summed E-state index contributed by atoms with van der Waals surface area (Å²) in [7, 11) is 1.44. The molecule has 0 aliphatic heterocycles. The van der Waals surface area contributed by atoms with Gasteiger partial charge in [0.1, 0.15) is 25.8 Å². The number of methoxy groups -OCH3 is 1. The van der Waals surface area contributed by atoms with E-state index < -0.39 is 41.4 Å². The van der Waals surface area contributed by atoms with Gasteiger partial charge in [-0.3, -0.25) is 19.2 Å². The number of nitrogens with one attached hydrogen (secondary N) is 3. The molecule has 4 N–H and O–H groups in total. The number of amides is 3. The summed E-state index contributed by atoms with van der Waals surface area (Å²) in [5.74, 6) is -2.19. The van der Waals surface area contributed by atoms with E-state index in [1.807, 2.05) is 54.6 Å². The van der Waals surface area contributed by atoms with Crippen molar-refractivity contribution in [2.45, 2.75) is 47.0 Å². The van der Waals surface area contributed by atoms with E-state index in [4.69, 9.17) is 14.2 Å². The molecule has 4 aromatic carbocycles. The second-order valence-electron chi connectivity index (χ2n) is 13.9. The van der Waals surface area contributed by atoms with Gasteiger partial charge in [0.25, 0.3) is 0 Å². The molecule has 4 aromatic rings. The summed E-state index contributed by atoms with van der Waals surface area (Å²) in [6.45, 7) is 6.04. The molecule has 286 valence electrons. The number of hydrogen-bond donors (Lipinski definition) is 4. The lowest BCUT2D eigenvalue weighted by atomic mass is 9.72. The van der Waals surface area contributed by atoms with Crippen molar-refractivity contribution in [1.29, 1.82) is 0 Å². The summed E-state index contributed by atoms with van der Waals surface area (Å²) in [6.07, 6.45) is 3.07. The van der Waals surface area contributed by atoms with Crippen LogP contribution in [0, 0.1) is 16.7 Å². The van der Waals surface area contributed by atoms with Crippen LogP contribution in [-0.2, 0) is 23.9 Å². The number of ketones is 1. The van der Waals surface area contributed by atoms with Gasteiger partial charge in [-0.1, -0.05) is 69.3 Å². The second kappa shape index (κ2) is 18.9. The van der Waals surface area contributed by atoms with Crippen molar-refractivity contribution in [3.05, 3.63) is 96.1 Å². The Bertz CT molecular complexity index is 1940. The largest absolute Gasteiger partial charge is 0.463 e. The highest BCUT2D eigenvalue weighted by Gasteiger charge is 2.41. The van der Waals surface area contributed by atoms with Gasteiger partial charge in [-0.15, -0.1) is 0 Å². The monoisotopic (exact) mass is 739 g/mol. The third-order valence-corrected chi connectivity index (χ3v) is 9.51.